The minimum atomic E-state index is -0.537. The molecular weight excluding hydrogens is 302 g/mol. The molecule has 0 saturated carbocycles. The predicted octanol–water partition coefficient (Wildman–Crippen LogP) is 6.22. The van der Waals surface area contributed by atoms with Gasteiger partial charge >= 0.3 is 0 Å². The predicted molar refractivity (Wildman–Crippen MR) is 105 cm³/mol. The van der Waals surface area contributed by atoms with Crippen molar-refractivity contribution in [2.75, 3.05) is 0 Å². The molecule has 1 aliphatic carbocycles. The van der Waals surface area contributed by atoms with Crippen LogP contribution in [0.5, 0.6) is 0 Å². The summed E-state index contributed by atoms with van der Waals surface area (Å²) in [5, 5.41) is 9.76. The third-order valence-electron chi connectivity index (χ3n) is 5.04. The maximum Gasteiger partial charge on any atom is 0.104 e. The number of nitrogens with zero attached hydrogens (tertiary/aromatic N) is 1. The molecule has 0 N–H and O–H groups in total. The molecule has 3 rings (SSSR count). The van der Waals surface area contributed by atoms with Gasteiger partial charge in [0.1, 0.15) is 5.41 Å². The molecule has 1 atom stereocenters. The van der Waals surface area contributed by atoms with E-state index < -0.39 is 5.41 Å². The normalized spacial score (nSPS) is 19.3. The van der Waals surface area contributed by atoms with Crippen LogP contribution in [0, 0.1) is 11.3 Å². The molecule has 126 valence electrons. The zero-order valence-electron chi connectivity index (χ0n) is 14.9. The minimum Gasteiger partial charge on any atom is -0.197 e. The molecule has 0 saturated heterocycles. The van der Waals surface area contributed by atoms with Crippen LogP contribution in [0.25, 0.3) is 5.57 Å². The minimum absolute atomic E-state index is 0.537. The van der Waals surface area contributed by atoms with E-state index in [1.54, 1.807) is 0 Å². The average Bonchev–Trinajstić information content (AvgIpc) is 2.69. The molecule has 0 aromatic heterocycles. The second-order valence-corrected chi connectivity index (χ2v) is 6.80. The molecule has 0 aliphatic heterocycles. The maximum absolute atomic E-state index is 9.76. The molecule has 1 nitrogen and oxygen atoms in total. The van der Waals surface area contributed by atoms with Gasteiger partial charge in [-0.1, -0.05) is 92.6 Å². The van der Waals surface area contributed by atoms with Gasteiger partial charge in [-0.25, -0.2) is 0 Å². The van der Waals surface area contributed by atoms with Gasteiger partial charge in [-0.15, -0.1) is 0 Å². The molecule has 0 amide bonds. The third kappa shape index (κ3) is 3.91. The molecule has 25 heavy (non-hydrogen) atoms. The van der Waals surface area contributed by atoms with E-state index in [9.17, 15) is 5.26 Å². The molecule has 0 bridgehead atoms. The first-order valence-electron chi connectivity index (χ1n) is 9.23. The Hall–Kier alpha value is -2.59. The maximum atomic E-state index is 9.76. The molecule has 2 aromatic carbocycles. The molecule has 1 unspecified atom stereocenters. The molecule has 0 fully saturated rings. The fourth-order valence-corrected chi connectivity index (χ4v) is 3.39. The summed E-state index contributed by atoms with van der Waals surface area (Å²) in [5.74, 6) is 0. The first-order valence-corrected chi connectivity index (χ1v) is 9.23. The summed E-state index contributed by atoms with van der Waals surface area (Å²) in [6.07, 6.45) is 12.1. The number of benzene rings is 2. The summed E-state index contributed by atoms with van der Waals surface area (Å²) in [5.41, 5.74) is 4.38. The Labute approximate surface area is 151 Å². The van der Waals surface area contributed by atoms with Crippen LogP contribution in [-0.4, -0.2) is 0 Å². The van der Waals surface area contributed by atoms with E-state index in [2.05, 4.69) is 55.5 Å². The fraction of sp³-hybridized carbons (Fsp3) is 0.292. The first-order chi connectivity index (χ1) is 12.3. The van der Waals surface area contributed by atoms with Gasteiger partial charge < -0.3 is 0 Å². The highest BCUT2D eigenvalue weighted by atomic mass is 14.4. The molecule has 2 aromatic rings. The molecule has 0 heterocycles. The summed E-state index contributed by atoms with van der Waals surface area (Å²) in [7, 11) is 0. The number of hydrogen-bond acceptors (Lipinski definition) is 1. The molecule has 1 aliphatic rings. The Morgan fingerprint density at radius 1 is 1.00 bits per heavy atom. The van der Waals surface area contributed by atoms with E-state index in [1.807, 2.05) is 30.3 Å². The fourth-order valence-electron chi connectivity index (χ4n) is 3.39. The lowest BCUT2D eigenvalue weighted by Crippen LogP contribution is -2.22. The van der Waals surface area contributed by atoms with Crippen molar-refractivity contribution >= 4 is 5.57 Å². The zero-order chi connectivity index (χ0) is 17.5. The summed E-state index contributed by atoms with van der Waals surface area (Å²) >= 11 is 0. The number of aryl methyl sites for hydroxylation is 1. The number of hydrogen-bond donors (Lipinski definition) is 0. The van der Waals surface area contributed by atoms with Gasteiger partial charge in [-0.3, -0.25) is 0 Å². The smallest absolute Gasteiger partial charge is 0.104 e. The van der Waals surface area contributed by atoms with Gasteiger partial charge in [-0.05, 0) is 41.5 Å². The van der Waals surface area contributed by atoms with Crippen LogP contribution in [0.15, 0.2) is 72.8 Å². The summed E-state index contributed by atoms with van der Waals surface area (Å²) in [6.45, 7) is 2.24. The van der Waals surface area contributed by atoms with Crippen molar-refractivity contribution < 1.29 is 0 Å². The van der Waals surface area contributed by atoms with E-state index >= 15 is 0 Å². The summed E-state index contributed by atoms with van der Waals surface area (Å²) in [6, 6.07) is 21.5. The van der Waals surface area contributed by atoms with Crippen molar-refractivity contribution in [3.8, 4) is 6.07 Å². The number of allylic oxidation sites excluding steroid dienone is 4. The van der Waals surface area contributed by atoms with Crippen molar-refractivity contribution in [1.82, 2.24) is 0 Å². The van der Waals surface area contributed by atoms with Gasteiger partial charge in [0, 0.05) is 0 Å². The van der Waals surface area contributed by atoms with E-state index in [0.717, 1.165) is 18.4 Å². The lowest BCUT2D eigenvalue weighted by molar-refractivity contribution is 0.693. The van der Waals surface area contributed by atoms with Crippen molar-refractivity contribution in [3.05, 3.63) is 89.5 Å². The molecule has 0 radical (unpaired) electrons. The number of nitriles is 1. The zero-order valence-corrected chi connectivity index (χ0v) is 14.9. The molecule has 1 heteroatoms. The SMILES string of the molecule is CCCCCc1ccc(C2=CCC(C#N)(c3ccccc3)C=C2)cc1. The van der Waals surface area contributed by atoms with Gasteiger partial charge in [-0.2, -0.15) is 5.26 Å². The van der Waals surface area contributed by atoms with Crippen molar-refractivity contribution in [1.29, 1.82) is 5.26 Å². The number of unbranched alkanes of at least 4 members (excludes halogenated alkanes) is 2. The van der Waals surface area contributed by atoms with E-state index in [-0.39, 0.29) is 0 Å². The Kier molecular flexibility index (Phi) is 5.51. The quantitative estimate of drug-likeness (QED) is 0.577. The van der Waals surface area contributed by atoms with Crippen LogP contribution in [-0.2, 0) is 11.8 Å². The average molecular weight is 327 g/mol. The van der Waals surface area contributed by atoms with Crippen LogP contribution >= 0.6 is 0 Å². The topological polar surface area (TPSA) is 23.8 Å². The van der Waals surface area contributed by atoms with Crippen molar-refractivity contribution in [3.63, 3.8) is 0 Å². The van der Waals surface area contributed by atoms with Gasteiger partial charge in [0.25, 0.3) is 0 Å². The molecular formula is C24H25N. The Balaban J connectivity index is 1.73. The lowest BCUT2D eigenvalue weighted by Gasteiger charge is -2.25. The Morgan fingerprint density at radius 3 is 2.36 bits per heavy atom. The van der Waals surface area contributed by atoms with Gasteiger partial charge in [0.2, 0.25) is 0 Å². The second kappa shape index (κ2) is 7.99. The van der Waals surface area contributed by atoms with Crippen LogP contribution in [0.1, 0.15) is 49.3 Å². The monoisotopic (exact) mass is 327 g/mol. The highest BCUT2D eigenvalue weighted by molar-refractivity contribution is 5.76. The molecule has 0 spiro atoms. The number of rotatable bonds is 6. The van der Waals surface area contributed by atoms with E-state index in [1.165, 1.54) is 36.0 Å². The van der Waals surface area contributed by atoms with Crippen molar-refractivity contribution in [2.24, 2.45) is 0 Å². The Morgan fingerprint density at radius 2 is 1.76 bits per heavy atom. The Bertz CT molecular complexity index is 790. The van der Waals surface area contributed by atoms with Gasteiger partial charge in [0.15, 0.2) is 0 Å². The van der Waals surface area contributed by atoms with E-state index in [0.29, 0.717) is 0 Å². The summed E-state index contributed by atoms with van der Waals surface area (Å²) < 4.78 is 0. The third-order valence-corrected chi connectivity index (χ3v) is 5.04. The van der Waals surface area contributed by atoms with E-state index in [4.69, 9.17) is 0 Å². The standard InChI is InChI=1S/C24H25N/c1-2-3-5-8-20-11-13-21(14-12-20)22-15-17-24(19-25,18-16-22)23-9-6-4-7-10-23/h4,6-7,9-17H,2-3,5,8,18H2,1H3. The lowest BCUT2D eigenvalue weighted by atomic mass is 9.75. The van der Waals surface area contributed by atoms with Crippen LogP contribution in [0.4, 0.5) is 0 Å². The van der Waals surface area contributed by atoms with Crippen LogP contribution < -0.4 is 0 Å². The van der Waals surface area contributed by atoms with Crippen molar-refractivity contribution in [2.45, 2.75) is 44.4 Å². The second-order valence-electron chi connectivity index (χ2n) is 6.80. The van der Waals surface area contributed by atoms with Gasteiger partial charge in [0.05, 0.1) is 6.07 Å². The van der Waals surface area contributed by atoms with Crippen LogP contribution in [0.3, 0.4) is 0 Å². The first kappa shape index (κ1) is 17.2. The van der Waals surface area contributed by atoms with Crippen LogP contribution in [0.2, 0.25) is 0 Å². The highest BCUT2D eigenvalue weighted by Gasteiger charge is 2.30. The summed E-state index contributed by atoms with van der Waals surface area (Å²) in [4.78, 5) is 0. The highest BCUT2D eigenvalue weighted by Crippen LogP contribution is 2.35. The largest absolute Gasteiger partial charge is 0.197 e.